The summed E-state index contributed by atoms with van der Waals surface area (Å²) in [6, 6.07) is 14.8. The predicted octanol–water partition coefficient (Wildman–Crippen LogP) is -0.471. The van der Waals surface area contributed by atoms with E-state index in [-0.39, 0.29) is 17.0 Å². The van der Waals surface area contributed by atoms with Crippen LogP contribution in [0.4, 0.5) is 0 Å². The molecule has 0 N–H and O–H groups in total. The monoisotopic (exact) mass is 277 g/mol. The van der Waals surface area contributed by atoms with Crippen molar-refractivity contribution in [3.8, 4) is 0 Å². The molecule has 0 saturated carbocycles. The van der Waals surface area contributed by atoms with Crippen LogP contribution >= 0.6 is 0 Å². The molecule has 0 radical (unpaired) electrons. The van der Waals surface area contributed by atoms with Gasteiger partial charge in [-0.25, -0.2) is 4.57 Å². The SMILES string of the molecule is Cc1ccc[n+](CCc2ccccc2)c1.[Br-]. The Kier molecular flexibility index (Phi) is 5.20. The summed E-state index contributed by atoms with van der Waals surface area (Å²) in [6.07, 6.45) is 5.40. The highest BCUT2D eigenvalue weighted by Gasteiger charge is 2.00. The molecule has 0 atom stereocenters. The van der Waals surface area contributed by atoms with Crippen molar-refractivity contribution in [2.24, 2.45) is 0 Å². The van der Waals surface area contributed by atoms with Crippen LogP contribution < -0.4 is 21.5 Å². The molecule has 0 bridgehead atoms. The van der Waals surface area contributed by atoms with Gasteiger partial charge in [0, 0.05) is 18.1 Å². The van der Waals surface area contributed by atoms with Crippen LogP contribution in [0.25, 0.3) is 0 Å². The van der Waals surface area contributed by atoms with E-state index < -0.39 is 0 Å². The van der Waals surface area contributed by atoms with Crippen LogP contribution in [-0.4, -0.2) is 0 Å². The smallest absolute Gasteiger partial charge is 0.171 e. The van der Waals surface area contributed by atoms with Crippen LogP contribution in [0.3, 0.4) is 0 Å². The van der Waals surface area contributed by atoms with Crippen LogP contribution in [0.2, 0.25) is 0 Å². The third-order valence-electron chi connectivity index (χ3n) is 2.51. The van der Waals surface area contributed by atoms with Gasteiger partial charge in [-0.3, -0.25) is 0 Å². The van der Waals surface area contributed by atoms with Gasteiger partial charge in [-0.15, -0.1) is 0 Å². The first-order chi connectivity index (χ1) is 7.34. The molecule has 0 fully saturated rings. The molecule has 1 aromatic carbocycles. The normalized spacial score (nSPS) is 9.56. The topological polar surface area (TPSA) is 3.88 Å². The van der Waals surface area contributed by atoms with Crippen molar-refractivity contribution < 1.29 is 21.5 Å². The largest absolute Gasteiger partial charge is 1.00 e. The van der Waals surface area contributed by atoms with E-state index in [4.69, 9.17) is 0 Å². The number of nitrogens with zero attached hydrogens (tertiary/aromatic N) is 1. The van der Waals surface area contributed by atoms with Crippen molar-refractivity contribution >= 4 is 0 Å². The molecular weight excluding hydrogens is 262 g/mol. The van der Waals surface area contributed by atoms with Crippen LogP contribution in [0.5, 0.6) is 0 Å². The number of aryl methyl sites for hydroxylation is 3. The number of hydrogen-bond acceptors (Lipinski definition) is 0. The lowest BCUT2D eigenvalue weighted by Crippen LogP contribution is -3.00. The van der Waals surface area contributed by atoms with E-state index in [9.17, 15) is 0 Å². The van der Waals surface area contributed by atoms with E-state index >= 15 is 0 Å². The summed E-state index contributed by atoms with van der Waals surface area (Å²) in [6.45, 7) is 3.17. The number of rotatable bonds is 3. The standard InChI is InChI=1S/C14H16N.BrH/c1-13-6-5-10-15(12-13)11-9-14-7-3-2-4-8-14;/h2-8,10,12H,9,11H2,1H3;1H/q+1;/p-1. The minimum atomic E-state index is 0. The highest BCUT2D eigenvalue weighted by molar-refractivity contribution is 5.14. The highest BCUT2D eigenvalue weighted by Crippen LogP contribution is 1.99. The van der Waals surface area contributed by atoms with Gasteiger partial charge in [0.15, 0.2) is 18.9 Å². The summed E-state index contributed by atoms with van der Waals surface area (Å²) >= 11 is 0. The second kappa shape index (κ2) is 6.44. The van der Waals surface area contributed by atoms with E-state index in [1.54, 1.807) is 0 Å². The van der Waals surface area contributed by atoms with E-state index in [0.29, 0.717) is 0 Å². The molecule has 84 valence electrons. The van der Waals surface area contributed by atoms with E-state index in [2.05, 4.69) is 66.3 Å². The minimum Gasteiger partial charge on any atom is -1.00 e. The number of hydrogen-bond donors (Lipinski definition) is 0. The van der Waals surface area contributed by atoms with Crippen LogP contribution in [0.15, 0.2) is 54.9 Å². The Morgan fingerprint density at radius 1 is 1.00 bits per heavy atom. The molecule has 0 unspecified atom stereocenters. The van der Waals surface area contributed by atoms with Crippen molar-refractivity contribution in [2.45, 2.75) is 19.9 Å². The molecule has 2 aromatic rings. The van der Waals surface area contributed by atoms with Gasteiger partial charge in [-0.2, -0.15) is 0 Å². The third-order valence-corrected chi connectivity index (χ3v) is 2.51. The van der Waals surface area contributed by atoms with Gasteiger partial charge >= 0.3 is 0 Å². The third kappa shape index (κ3) is 3.78. The summed E-state index contributed by atoms with van der Waals surface area (Å²) in [5, 5.41) is 0. The first kappa shape index (κ1) is 12.9. The number of halogens is 1. The van der Waals surface area contributed by atoms with Crippen molar-refractivity contribution in [3.05, 3.63) is 66.0 Å². The van der Waals surface area contributed by atoms with Gasteiger partial charge < -0.3 is 17.0 Å². The summed E-state index contributed by atoms with van der Waals surface area (Å²) in [4.78, 5) is 0. The molecule has 1 aromatic heterocycles. The van der Waals surface area contributed by atoms with E-state index in [0.717, 1.165) is 13.0 Å². The number of aromatic nitrogens is 1. The average molecular weight is 278 g/mol. The second-order valence-electron chi connectivity index (χ2n) is 3.85. The van der Waals surface area contributed by atoms with Crippen LogP contribution in [-0.2, 0) is 13.0 Å². The lowest BCUT2D eigenvalue weighted by atomic mass is 10.1. The fourth-order valence-electron chi connectivity index (χ4n) is 1.69. The maximum Gasteiger partial charge on any atom is 0.171 e. The summed E-state index contributed by atoms with van der Waals surface area (Å²) in [5.74, 6) is 0. The zero-order valence-electron chi connectivity index (χ0n) is 9.44. The first-order valence-electron chi connectivity index (χ1n) is 5.34. The Labute approximate surface area is 108 Å². The Morgan fingerprint density at radius 3 is 2.44 bits per heavy atom. The lowest BCUT2D eigenvalue weighted by Gasteiger charge is -1.98. The Hall–Kier alpha value is -1.15. The minimum absolute atomic E-state index is 0. The average Bonchev–Trinajstić information content (AvgIpc) is 2.28. The highest BCUT2D eigenvalue weighted by atomic mass is 79.9. The quantitative estimate of drug-likeness (QED) is 0.668. The molecule has 16 heavy (non-hydrogen) atoms. The van der Waals surface area contributed by atoms with Gasteiger partial charge in [-0.05, 0) is 18.6 Å². The van der Waals surface area contributed by atoms with E-state index in [1.165, 1.54) is 11.1 Å². The second-order valence-corrected chi connectivity index (χ2v) is 3.85. The first-order valence-corrected chi connectivity index (χ1v) is 5.34. The van der Waals surface area contributed by atoms with Crippen molar-refractivity contribution in [2.75, 3.05) is 0 Å². The molecule has 0 saturated heterocycles. The molecule has 0 aliphatic rings. The summed E-state index contributed by atoms with van der Waals surface area (Å²) < 4.78 is 2.24. The van der Waals surface area contributed by atoms with Gasteiger partial charge in [-0.1, -0.05) is 30.3 Å². The summed E-state index contributed by atoms with van der Waals surface area (Å²) in [5.41, 5.74) is 2.71. The van der Waals surface area contributed by atoms with Crippen LogP contribution in [0, 0.1) is 6.92 Å². The molecule has 1 heterocycles. The van der Waals surface area contributed by atoms with Crippen molar-refractivity contribution in [1.82, 2.24) is 0 Å². The fourth-order valence-corrected chi connectivity index (χ4v) is 1.69. The lowest BCUT2D eigenvalue weighted by molar-refractivity contribution is -0.696. The van der Waals surface area contributed by atoms with Gasteiger partial charge in [0.05, 0.1) is 0 Å². The van der Waals surface area contributed by atoms with Crippen LogP contribution in [0.1, 0.15) is 11.1 Å². The van der Waals surface area contributed by atoms with Gasteiger partial charge in [0.25, 0.3) is 0 Å². The maximum absolute atomic E-state index is 2.24. The molecule has 0 aliphatic heterocycles. The Bertz CT molecular complexity index is 426. The van der Waals surface area contributed by atoms with Gasteiger partial charge in [0.1, 0.15) is 0 Å². The molecule has 0 amide bonds. The van der Waals surface area contributed by atoms with Crippen molar-refractivity contribution in [1.29, 1.82) is 0 Å². The molecule has 0 aliphatic carbocycles. The summed E-state index contributed by atoms with van der Waals surface area (Å²) in [7, 11) is 0. The fraction of sp³-hybridized carbons (Fsp3) is 0.214. The zero-order chi connectivity index (χ0) is 10.5. The molecule has 2 rings (SSSR count). The molecule has 0 spiro atoms. The molecule has 1 nitrogen and oxygen atoms in total. The number of benzene rings is 1. The molecular formula is C14H16BrN. The molecule has 2 heteroatoms. The zero-order valence-corrected chi connectivity index (χ0v) is 11.0. The van der Waals surface area contributed by atoms with E-state index in [1.807, 2.05) is 0 Å². The predicted molar refractivity (Wildman–Crippen MR) is 61.5 cm³/mol. The van der Waals surface area contributed by atoms with Crippen molar-refractivity contribution in [3.63, 3.8) is 0 Å². The Morgan fingerprint density at radius 2 is 1.75 bits per heavy atom. The number of pyridine rings is 1. The Balaban J connectivity index is 0.00000128. The van der Waals surface area contributed by atoms with Gasteiger partial charge in [0.2, 0.25) is 0 Å². The maximum atomic E-state index is 2.24.